The van der Waals surface area contributed by atoms with Crippen molar-refractivity contribution in [3.8, 4) is 0 Å². The minimum absolute atomic E-state index is 0.227. The largest absolute Gasteiger partial charge is 0.458 e. The number of aliphatic hydroxyl groups is 1. The summed E-state index contributed by atoms with van der Waals surface area (Å²) in [6.45, 7) is 0.315. The first-order chi connectivity index (χ1) is 10.6. The van der Waals surface area contributed by atoms with Crippen LogP contribution < -0.4 is 5.32 Å². The van der Waals surface area contributed by atoms with Crippen LogP contribution in [0.15, 0.2) is 56.0 Å². The fraction of sp³-hybridized carbons (Fsp3) is 0.188. The molecule has 0 fully saturated rings. The van der Waals surface area contributed by atoms with Gasteiger partial charge in [0.1, 0.15) is 17.4 Å². The summed E-state index contributed by atoms with van der Waals surface area (Å²) < 4.78 is 11.2. The van der Waals surface area contributed by atoms with E-state index in [9.17, 15) is 9.90 Å². The molecule has 3 rings (SSSR count). The molecule has 22 heavy (non-hydrogen) atoms. The second-order valence-electron chi connectivity index (χ2n) is 4.85. The van der Waals surface area contributed by atoms with E-state index < -0.39 is 6.10 Å². The van der Waals surface area contributed by atoms with E-state index in [1.807, 2.05) is 30.3 Å². The van der Waals surface area contributed by atoms with Gasteiger partial charge in [0.15, 0.2) is 10.4 Å². The van der Waals surface area contributed by atoms with Gasteiger partial charge in [0.25, 0.3) is 5.91 Å². The molecule has 0 spiro atoms. The average Bonchev–Trinajstić information content (AvgIpc) is 3.12. The fourth-order valence-electron chi connectivity index (χ4n) is 2.15. The molecule has 1 atom stereocenters. The number of aliphatic hydroxyl groups excluding tert-OH is 1. The zero-order chi connectivity index (χ0) is 15.5. The Morgan fingerprint density at radius 1 is 1.23 bits per heavy atom. The van der Waals surface area contributed by atoms with Crippen LogP contribution >= 0.6 is 15.9 Å². The first-order valence-corrected chi connectivity index (χ1v) is 7.63. The summed E-state index contributed by atoms with van der Waals surface area (Å²) in [4.78, 5) is 11.8. The molecule has 0 aliphatic rings. The van der Waals surface area contributed by atoms with Crippen molar-refractivity contribution in [2.45, 2.75) is 12.5 Å². The summed E-state index contributed by atoms with van der Waals surface area (Å²) in [6, 6.07) is 12.6. The summed E-state index contributed by atoms with van der Waals surface area (Å²) in [5.74, 6) is 0.406. The Morgan fingerprint density at radius 2 is 2.05 bits per heavy atom. The van der Waals surface area contributed by atoms with Crippen molar-refractivity contribution in [1.29, 1.82) is 0 Å². The molecule has 0 bridgehead atoms. The minimum Gasteiger partial charge on any atom is -0.458 e. The number of furan rings is 2. The molecule has 0 unspecified atom stereocenters. The predicted molar refractivity (Wildman–Crippen MR) is 84.5 cm³/mol. The highest BCUT2D eigenvalue weighted by atomic mass is 79.9. The number of halogens is 1. The number of nitrogens with one attached hydrogen (secondary N) is 1. The Morgan fingerprint density at radius 3 is 2.77 bits per heavy atom. The quantitative estimate of drug-likeness (QED) is 0.725. The van der Waals surface area contributed by atoms with E-state index in [1.165, 1.54) is 0 Å². The SMILES string of the molecule is O=C(NCC[C@@H](O)c1cc2ccccc2o1)c1ccc(Br)o1. The van der Waals surface area contributed by atoms with Crippen LogP contribution in [0, 0.1) is 0 Å². The maximum absolute atomic E-state index is 11.8. The number of fused-ring (bicyclic) bond motifs is 1. The van der Waals surface area contributed by atoms with E-state index in [0.29, 0.717) is 23.4 Å². The molecule has 5 nitrogen and oxygen atoms in total. The maximum atomic E-state index is 11.8. The molecule has 0 radical (unpaired) electrons. The lowest BCUT2D eigenvalue weighted by atomic mass is 10.2. The summed E-state index contributed by atoms with van der Waals surface area (Å²) in [5, 5.41) is 13.8. The molecule has 3 aromatic rings. The van der Waals surface area contributed by atoms with Gasteiger partial charge in [-0.2, -0.15) is 0 Å². The lowest BCUT2D eigenvalue weighted by Gasteiger charge is -2.08. The van der Waals surface area contributed by atoms with Gasteiger partial charge >= 0.3 is 0 Å². The number of amides is 1. The van der Waals surface area contributed by atoms with Crippen LogP contribution in [0.25, 0.3) is 11.0 Å². The lowest BCUT2D eigenvalue weighted by Crippen LogP contribution is -2.25. The van der Waals surface area contributed by atoms with E-state index in [-0.39, 0.29) is 11.7 Å². The van der Waals surface area contributed by atoms with E-state index in [1.54, 1.807) is 12.1 Å². The summed E-state index contributed by atoms with van der Waals surface area (Å²) in [6.07, 6.45) is -0.413. The van der Waals surface area contributed by atoms with Crippen molar-refractivity contribution in [2.24, 2.45) is 0 Å². The van der Waals surface area contributed by atoms with Gasteiger partial charge in [-0.15, -0.1) is 0 Å². The molecular weight excluding hydrogens is 350 g/mol. The third-order valence-electron chi connectivity index (χ3n) is 3.27. The maximum Gasteiger partial charge on any atom is 0.287 e. The van der Waals surface area contributed by atoms with Crippen molar-refractivity contribution < 1.29 is 18.7 Å². The predicted octanol–water partition coefficient (Wildman–Crippen LogP) is 3.64. The number of benzene rings is 1. The number of carbonyl (C=O) groups excluding carboxylic acids is 1. The zero-order valence-corrected chi connectivity index (χ0v) is 13.2. The van der Waals surface area contributed by atoms with Crippen LogP contribution in [-0.4, -0.2) is 17.6 Å². The summed E-state index contributed by atoms with van der Waals surface area (Å²) in [7, 11) is 0. The van der Waals surface area contributed by atoms with Crippen LogP contribution in [-0.2, 0) is 0 Å². The monoisotopic (exact) mass is 363 g/mol. The van der Waals surface area contributed by atoms with Crippen molar-refractivity contribution in [1.82, 2.24) is 5.32 Å². The Kier molecular flexibility index (Phi) is 4.31. The lowest BCUT2D eigenvalue weighted by molar-refractivity contribution is 0.0908. The van der Waals surface area contributed by atoms with Gasteiger partial charge in [0.2, 0.25) is 0 Å². The number of para-hydroxylation sites is 1. The molecule has 6 heteroatoms. The van der Waals surface area contributed by atoms with Crippen molar-refractivity contribution in [3.05, 3.63) is 58.7 Å². The molecule has 0 aliphatic carbocycles. The second kappa shape index (κ2) is 6.37. The number of carbonyl (C=O) groups is 1. The number of hydrogen-bond donors (Lipinski definition) is 2. The third-order valence-corrected chi connectivity index (χ3v) is 3.70. The van der Waals surface area contributed by atoms with Gasteiger partial charge in [-0.3, -0.25) is 4.79 Å². The van der Waals surface area contributed by atoms with Crippen LogP contribution in [0.3, 0.4) is 0 Å². The fourth-order valence-corrected chi connectivity index (χ4v) is 2.46. The number of rotatable bonds is 5. The molecule has 0 saturated heterocycles. The smallest absolute Gasteiger partial charge is 0.287 e. The first-order valence-electron chi connectivity index (χ1n) is 6.83. The average molecular weight is 364 g/mol. The van der Waals surface area contributed by atoms with Gasteiger partial charge in [-0.1, -0.05) is 18.2 Å². The number of hydrogen-bond acceptors (Lipinski definition) is 4. The molecule has 2 aromatic heterocycles. The van der Waals surface area contributed by atoms with Gasteiger partial charge in [0, 0.05) is 11.9 Å². The second-order valence-corrected chi connectivity index (χ2v) is 5.63. The molecule has 2 heterocycles. The molecule has 2 N–H and O–H groups in total. The summed E-state index contributed by atoms with van der Waals surface area (Å²) in [5.41, 5.74) is 0.737. The Labute approximate surface area is 135 Å². The van der Waals surface area contributed by atoms with Crippen molar-refractivity contribution in [3.63, 3.8) is 0 Å². The highest BCUT2D eigenvalue weighted by molar-refractivity contribution is 9.10. The van der Waals surface area contributed by atoms with E-state index >= 15 is 0 Å². The van der Waals surface area contributed by atoms with Crippen molar-refractivity contribution in [2.75, 3.05) is 6.54 Å². The topological polar surface area (TPSA) is 75.6 Å². The van der Waals surface area contributed by atoms with Gasteiger partial charge in [-0.05, 0) is 46.6 Å². The van der Waals surface area contributed by atoms with Crippen LogP contribution in [0.1, 0.15) is 28.8 Å². The van der Waals surface area contributed by atoms with E-state index in [4.69, 9.17) is 8.83 Å². The normalized spacial score (nSPS) is 12.5. The molecular formula is C16H14BrNO4. The minimum atomic E-state index is -0.768. The molecule has 114 valence electrons. The van der Waals surface area contributed by atoms with Crippen molar-refractivity contribution >= 4 is 32.8 Å². The van der Waals surface area contributed by atoms with Crippen LogP contribution in [0.2, 0.25) is 0 Å². The molecule has 1 aromatic carbocycles. The van der Waals surface area contributed by atoms with E-state index in [2.05, 4.69) is 21.2 Å². The third kappa shape index (κ3) is 3.23. The van der Waals surface area contributed by atoms with Crippen LogP contribution in [0.4, 0.5) is 0 Å². The standard InChI is InChI=1S/C16H14BrNO4/c17-15-6-5-13(22-15)16(20)18-8-7-11(19)14-9-10-3-1-2-4-12(10)21-14/h1-6,9,11,19H,7-8H2,(H,18,20)/t11-/m1/s1. The van der Waals surface area contributed by atoms with Gasteiger partial charge in [0.05, 0.1) is 0 Å². The molecule has 0 saturated carbocycles. The zero-order valence-electron chi connectivity index (χ0n) is 11.6. The Bertz CT molecular complexity index is 759. The first kappa shape index (κ1) is 14.9. The Hall–Kier alpha value is -2.05. The summed E-state index contributed by atoms with van der Waals surface area (Å²) >= 11 is 3.14. The highest BCUT2D eigenvalue weighted by Gasteiger charge is 2.15. The highest BCUT2D eigenvalue weighted by Crippen LogP contribution is 2.25. The van der Waals surface area contributed by atoms with E-state index in [0.717, 1.165) is 11.0 Å². The molecule has 0 aliphatic heterocycles. The van der Waals surface area contributed by atoms with Gasteiger partial charge < -0.3 is 19.3 Å². The Balaban J connectivity index is 1.55. The van der Waals surface area contributed by atoms with Crippen LogP contribution in [0.5, 0.6) is 0 Å². The molecule has 1 amide bonds. The van der Waals surface area contributed by atoms with Gasteiger partial charge in [-0.25, -0.2) is 0 Å².